The van der Waals surface area contributed by atoms with Crippen LogP contribution in [0.25, 0.3) is 66.8 Å². The lowest BCUT2D eigenvalue weighted by atomic mass is 9.74. The lowest BCUT2D eigenvalue weighted by molar-refractivity contribution is 1.50. The molecule has 7 aromatic rings. The lowest BCUT2D eigenvalue weighted by Gasteiger charge is -2.29. The van der Waals surface area contributed by atoms with E-state index in [0.717, 1.165) is 14.5 Å². The van der Waals surface area contributed by atoms with E-state index >= 15 is 0 Å². The van der Waals surface area contributed by atoms with Crippen LogP contribution >= 0.6 is 31.9 Å². The van der Waals surface area contributed by atoms with Crippen molar-refractivity contribution >= 4 is 31.9 Å². The Kier molecular flexibility index (Phi) is 8.11. The van der Waals surface area contributed by atoms with Crippen LogP contribution in [-0.2, 0) is 0 Å². The molecule has 0 radical (unpaired) electrons. The standard InChI is InChI=1S/C42H28Br2/c43-35-28-16-27-34(42(35)44)41-39(32-23-12-4-13-24-32)37(30-19-8-2-9-20-30)36(29-17-6-1-7-18-29)38(31-21-10-3-11-22-31)40(41)33-25-14-5-15-26-33/h1-28H. The van der Waals surface area contributed by atoms with Crippen LogP contribution in [0.4, 0.5) is 0 Å². The summed E-state index contributed by atoms with van der Waals surface area (Å²) in [6.07, 6.45) is 0. The largest absolute Gasteiger partial charge is 0.0622 e. The number of hydrogen-bond acceptors (Lipinski definition) is 0. The van der Waals surface area contributed by atoms with Gasteiger partial charge in [-0.05, 0) is 105 Å². The van der Waals surface area contributed by atoms with Crippen LogP contribution in [0, 0.1) is 0 Å². The van der Waals surface area contributed by atoms with Crippen molar-refractivity contribution in [3.05, 3.63) is 179 Å². The van der Waals surface area contributed by atoms with Gasteiger partial charge < -0.3 is 0 Å². The first-order valence-corrected chi connectivity index (χ1v) is 16.3. The van der Waals surface area contributed by atoms with Crippen molar-refractivity contribution in [3.8, 4) is 66.8 Å². The SMILES string of the molecule is Brc1cccc(-c2c(-c3ccccc3)c(-c3ccccc3)c(-c3ccccc3)c(-c3ccccc3)c2-c2ccccc2)c1Br. The van der Waals surface area contributed by atoms with E-state index in [4.69, 9.17) is 0 Å². The Morgan fingerprint density at radius 1 is 0.250 bits per heavy atom. The van der Waals surface area contributed by atoms with Gasteiger partial charge >= 0.3 is 0 Å². The fraction of sp³-hybridized carbons (Fsp3) is 0. The summed E-state index contributed by atoms with van der Waals surface area (Å²) < 4.78 is 2.04. The Morgan fingerprint density at radius 3 is 0.818 bits per heavy atom. The average Bonchev–Trinajstić information content (AvgIpc) is 3.10. The first kappa shape index (κ1) is 28.3. The molecule has 0 saturated carbocycles. The number of hydrogen-bond donors (Lipinski definition) is 0. The predicted molar refractivity (Wildman–Crippen MR) is 194 cm³/mol. The Morgan fingerprint density at radius 2 is 0.523 bits per heavy atom. The van der Waals surface area contributed by atoms with Gasteiger partial charge in [-0.1, -0.05) is 164 Å². The predicted octanol–water partition coefficient (Wildman–Crippen LogP) is 13.2. The smallest absolute Gasteiger partial charge is 0.0396 e. The molecule has 2 heteroatoms. The third-order valence-electron chi connectivity index (χ3n) is 8.03. The van der Waals surface area contributed by atoms with Crippen molar-refractivity contribution in [3.63, 3.8) is 0 Å². The molecule has 0 heterocycles. The highest BCUT2D eigenvalue weighted by Crippen LogP contribution is 2.56. The van der Waals surface area contributed by atoms with Gasteiger partial charge in [-0.25, -0.2) is 0 Å². The van der Waals surface area contributed by atoms with Crippen molar-refractivity contribution < 1.29 is 0 Å². The third-order valence-corrected chi connectivity index (χ3v) is 10.1. The summed E-state index contributed by atoms with van der Waals surface area (Å²) in [6, 6.07) is 60.7. The molecule has 0 aromatic heterocycles. The molecule has 0 aliphatic carbocycles. The molecule has 210 valence electrons. The van der Waals surface area contributed by atoms with Crippen LogP contribution in [0.5, 0.6) is 0 Å². The van der Waals surface area contributed by atoms with E-state index in [1.807, 2.05) is 0 Å². The second-order valence-electron chi connectivity index (χ2n) is 10.7. The molecule has 0 atom stereocenters. The van der Waals surface area contributed by atoms with Crippen molar-refractivity contribution in [1.82, 2.24) is 0 Å². The van der Waals surface area contributed by atoms with Gasteiger partial charge in [-0.2, -0.15) is 0 Å². The summed E-state index contributed by atoms with van der Waals surface area (Å²) in [4.78, 5) is 0. The first-order valence-electron chi connectivity index (χ1n) is 14.7. The van der Waals surface area contributed by atoms with E-state index in [0.29, 0.717) is 0 Å². The van der Waals surface area contributed by atoms with Crippen LogP contribution in [-0.4, -0.2) is 0 Å². The van der Waals surface area contributed by atoms with E-state index in [1.54, 1.807) is 0 Å². The molecule has 7 aromatic carbocycles. The molecule has 0 fully saturated rings. The topological polar surface area (TPSA) is 0 Å². The molecule has 0 N–H and O–H groups in total. The normalized spacial score (nSPS) is 11.0. The number of halogens is 2. The maximum absolute atomic E-state index is 4.01. The summed E-state index contributed by atoms with van der Waals surface area (Å²) in [7, 11) is 0. The molecular weight excluding hydrogens is 664 g/mol. The van der Waals surface area contributed by atoms with Gasteiger partial charge in [0.05, 0.1) is 0 Å². The van der Waals surface area contributed by atoms with Crippen molar-refractivity contribution in [2.75, 3.05) is 0 Å². The Balaban J connectivity index is 1.84. The quantitative estimate of drug-likeness (QED) is 0.163. The van der Waals surface area contributed by atoms with E-state index in [9.17, 15) is 0 Å². The van der Waals surface area contributed by atoms with Crippen LogP contribution < -0.4 is 0 Å². The number of rotatable bonds is 6. The monoisotopic (exact) mass is 690 g/mol. The summed E-state index contributed by atoms with van der Waals surface area (Å²) >= 11 is 7.84. The molecule has 0 aliphatic rings. The lowest BCUT2D eigenvalue weighted by Crippen LogP contribution is -2.02. The molecule has 0 nitrogen and oxygen atoms in total. The Labute approximate surface area is 276 Å². The van der Waals surface area contributed by atoms with Gasteiger partial charge in [0.2, 0.25) is 0 Å². The van der Waals surface area contributed by atoms with Crippen LogP contribution in [0.15, 0.2) is 179 Å². The van der Waals surface area contributed by atoms with Crippen LogP contribution in [0.3, 0.4) is 0 Å². The second-order valence-corrected chi connectivity index (χ2v) is 12.3. The van der Waals surface area contributed by atoms with Gasteiger partial charge in [-0.3, -0.25) is 0 Å². The minimum absolute atomic E-state index is 1.02. The summed E-state index contributed by atoms with van der Waals surface area (Å²) in [6.45, 7) is 0. The summed E-state index contributed by atoms with van der Waals surface area (Å²) in [5.74, 6) is 0. The zero-order chi connectivity index (χ0) is 29.9. The molecule has 44 heavy (non-hydrogen) atoms. The highest BCUT2D eigenvalue weighted by atomic mass is 79.9. The number of benzene rings is 7. The maximum atomic E-state index is 4.01. The van der Waals surface area contributed by atoms with E-state index in [-0.39, 0.29) is 0 Å². The minimum Gasteiger partial charge on any atom is -0.0622 e. The van der Waals surface area contributed by atoms with Crippen molar-refractivity contribution in [1.29, 1.82) is 0 Å². The van der Waals surface area contributed by atoms with Gasteiger partial charge in [0.25, 0.3) is 0 Å². The highest BCUT2D eigenvalue weighted by molar-refractivity contribution is 9.13. The first-order chi connectivity index (χ1) is 21.7. The molecule has 0 bridgehead atoms. The minimum atomic E-state index is 1.02. The molecule has 7 rings (SSSR count). The van der Waals surface area contributed by atoms with Crippen molar-refractivity contribution in [2.45, 2.75) is 0 Å². The molecule has 0 saturated heterocycles. The van der Waals surface area contributed by atoms with E-state index < -0.39 is 0 Å². The van der Waals surface area contributed by atoms with Crippen LogP contribution in [0.2, 0.25) is 0 Å². The Hall–Kier alpha value is -4.50. The van der Waals surface area contributed by atoms with Gasteiger partial charge in [-0.15, -0.1) is 0 Å². The molecule has 0 unspecified atom stereocenters. The summed E-state index contributed by atoms with van der Waals surface area (Å²) in [5, 5.41) is 0. The molecule has 0 spiro atoms. The third kappa shape index (κ3) is 5.26. The average molecular weight is 692 g/mol. The van der Waals surface area contributed by atoms with E-state index in [2.05, 4.69) is 202 Å². The Bertz CT molecular complexity index is 1930. The fourth-order valence-electron chi connectivity index (χ4n) is 6.18. The zero-order valence-electron chi connectivity index (χ0n) is 23.9. The molecule has 0 amide bonds. The second kappa shape index (κ2) is 12.6. The molecule has 0 aliphatic heterocycles. The highest BCUT2D eigenvalue weighted by Gasteiger charge is 2.29. The van der Waals surface area contributed by atoms with E-state index in [1.165, 1.54) is 61.2 Å². The van der Waals surface area contributed by atoms with Crippen molar-refractivity contribution in [2.24, 2.45) is 0 Å². The van der Waals surface area contributed by atoms with Gasteiger partial charge in [0, 0.05) is 8.95 Å². The van der Waals surface area contributed by atoms with Gasteiger partial charge in [0.1, 0.15) is 0 Å². The fourth-order valence-corrected chi connectivity index (χ4v) is 7.01. The summed E-state index contributed by atoms with van der Waals surface area (Å²) in [5.41, 5.74) is 14.2. The zero-order valence-corrected chi connectivity index (χ0v) is 27.1. The van der Waals surface area contributed by atoms with Crippen LogP contribution in [0.1, 0.15) is 0 Å². The maximum Gasteiger partial charge on any atom is 0.0396 e. The molecular formula is C42H28Br2. The van der Waals surface area contributed by atoms with Gasteiger partial charge in [0.15, 0.2) is 0 Å².